The van der Waals surface area contributed by atoms with Crippen LogP contribution in [0.15, 0.2) is 24.5 Å². The zero-order valence-corrected chi connectivity index (χ0v) is 8.85. The van der Waals surface area contributed by atoms with Crippen LogP contribution >= 0.6 is 11.6 Å². The lowest BCUT2D eigenvalue weighted by Crippen LogP contribution is -2.02. The molecule has 0 saturated heterocycles. The lowest BCUT2D eigenvalue weighted by atomic mass is 10.5. The standard InChI is InChI=1S/C9H9ClN4O/c1-2-3-4-15-8-5-7(10)13-9-11-6-12-14(8)9/h2-3,5-6H,4H2,1H3/b3-2+. The maximum absolute atomic E-state index is 5.80. The molecule has 0 saturated carbocycles. The average Bonchev–Trinajstić information content (AvgIpc) is 2.65. The molecule has 2 aromatic rings. The lowest BCUT2D eigenvalue weighted by molar-refractivity contribution is 0.337. The Balaban J connectivity index is 2.35. The molecule has 0 aromatic carbocycles. The summed E-state index contributed by atoms with van der Waals surface area (Å²) >= 11 is 5.80. The molecule has 0 radical (unpaired) electrons. The molecule has 15 heavy (non-hydrogen) atoms. The molecule has 0 bridgehead atoms. The maximum atomic E-state index is 5.80. The van der Waals surface area contributed by atoms with Crippen LogP contribution in [0.1, 0.15) is 6.92 Å². The molecule has 0 N–H and O–H groups in total. The Labute approximate surface area is 91.4 Å². The van der Waals surface area contributed by atoms with Crippen molar-refractivity contribution in [2.24, 2.45) is 0 Å². The van der Waals surface area contributed by atoms with Gasteiger partial charge in [-0.3, -0.25) is 0 Å². The number of hydrogen-bond acceptors (Lipinski definition) is 4. The molecule has 78 valence electrons. The number of allylic oxidation sites excluding steroid dienone is 1. The predicted octanol–water partition coefficient (Wildman–Crippen LogP) is 1.73. The number of halogens is 1. The summed E-state index contributed by atoms with van der Waals surface area (Å²) in [5, 5.41) is 4.31. The minimum atomic E-state index is 0.339. The summed E-state index contributed by atoms with van der Waals surface area (Å²) in [6.45, 7) is 2.39. The zero-order chi connectivity index (χ0) is 10.7. The van der Waals surface area contributed by atoms with Gasteiger partial charge in [0.05, 0.1) is 0 Å². The van der Waals surface area contributed by atoms with Gasteiger partial charge < -0.3 is 4.74 Å². The Bertz CT molecular complexity index is 494. The molecule has 0 unspecified atom stereocenters. The zero-order valence-electron chi connectivity index (χ0n) is 8.09. The van der Waals surface area contributed by atoms with Crippen molar-refractivity contribution in [3.63, 3.8) is 0 Å². The van der Waals surface area contributed by atoms with Crippen LogP contribution in [0.5, 0.6) is 5.88 Å². The van der Waals surface area contributed by atoms with E-state index in [9.17, 15) is 0 Å². The summed E-state index contributed by atoms with van der Waals surface area (Å²) < 4.78 is 6.94. The number of hydrogen-bond donors (Lipinski definition) is 0. The van der Waals surface area contributed by atoms with Gasteiger partial charge in [-0.2, -0.15) is 19.6 Å². The highest BCUT2D eigenvalue weighted by Gasteiger charge is 2.06. The third-order valence-corrected chi connectivity index (χ3v) is 1.94. The summed E-state index contributed by atoms with van der Waals surface area (Å²) in [5.74, 6) is 0.957. The Kier molecular flexibility index (Phi) is 2.82. The Hall–Kier alpha value is -1.62. The first kappa shape index (κ1) is 9.92. The molecule has 5 nitrogen and oxygen atoms in total. The third-order valence-electron chi connectivity index (χ3n) is 1.75. The first-order chi connectivity index (χ1) is 7.31. The molecule has 2 heterocycles. The highest BCUT2D eigenvalue weighted by molar-refractivity contribution is 6.29. The van der Waals surface area contributed by atoms with E-state index in [4.69, 9.17) is 16.3 Å². The summed E-state index contributed by atoms with van der Waals surface area (Å²) in [7, 11) is 0. The fourth-order valence-electron chi connectivity index (χ4n) is 1.09. The van der Waals surface area contributed by atoms with Gasteiger partial charge in [0.2, 0.25) is 5.88 Å². The van der Waals surface area contributed by atoms with E-state index in [0.717, 1.165) is 0 Å². The molecule has 0 aliphatic carbocycles. The highest BCUT2D eigenvalue weighted by atomic mass is 35.5. The van der Waals surface area contributed by atoms with E-state index in [1.807, 2.05) is 19.1 Å². The molecule has 0 aliphatic rings. The Morgan fingerprint density at radius 1 is 1.60 bits per heavy atom. The van der Waals surface area contributed by atoms with Crippen molar-refractivity contribution in [1.82, 2.24) is 19.6 Å². The first-order valence-corrected chi connectivity index (χ1v) is 4.79. The number of ether oxygens (including phenoxy) is 1. The van der Waals surface area contributed by atoms with Crippen LogP contribution in [-0.2, 0) is 0 Å². The van der Waals surface area contributed by atoms with Crippen LogP contribution in [0.25, 0.3) is 5.78 Å². The van der Waals surface area contributed by atoms with Crippen molar-refractivity contribution in [3.8, 4) is 5.88 Å². The van der Waals surface area contributed by atoms with Crippen LogP contribution in [0.2, 0.25) is 5.15 Å². The maximum Gasteiger partial charge on any atom is 0.256 e. The summed E-state index contributed by atoms with van der Waals surface area (Å²) in [6, 6.07) is 1.60. The lowest BCUT2D eigenvalue weighted by Gasteiger charge is -2.04. The van der Waals surface area contributed by atoms with Crippen molar-refractivity contribution in [1.29, 1.82) is 0 Å². The summed E-state index contributed by atoms with van der Waals surface area (Å²) in [6.07, 6.45) is 5.19. The second kappa shape index (κ2) is 4.27. The molecular weight excluding hydrogens is 216 g/mol. The smallest absolute Gasteiger partial charge is 0.256 e. The largest absolute Gasteiger partial charge is 0.473 e. The number of aromatic nitrogens is 4. The normalized spacial score (nSPS) is 11.3. The minimum absolute atomic E-state index is 0.339. The monoisotopic (exact) mass is 224 g/mol. The van der Waals surface area contributed by atoms with Gasteiger partial charge in [0.1, 0.15) is 18.1 Å². The van der Waals surface area contributed by atoms with E-state index in [2.05, 4.69) is 15.1 Å². The first-order valence-electron chi connectivity index (χ1n) is 4.41. The van der Waals surface area contributed by atoms with Crippen LogP contribution < -0.4 is 4.74 Å². The van der Waals surface area contributed by atoms with E-state index in [-0.39, 0.29) is 0 Å². The molecular formula is C9H9ClN4O. The van der Waals surface area contributed by atoms with Gasteiger partial charge in [-0.25, -0.2) is 0 Å². The van der Waals surface area contributed by atoms with Crippen LogP contribution in [0, 0.1) is 0 Å². The second-order valence-electron chi connectivity index (χ2n) is 2.77. The third kappa shape index (κ3) is 2.07. The van der Waals surface area contributed by atoms with Gasteiger partial charge in [0.15, 0.2) is 0 Å². The van der Waals surface area contributed by atoms with E-state index >= 15 is 0 Å². The van der Waals surface area contributed by atoms with Gasteiger partial charge in [-0.15, -0.1) is 0 Å². The molecule has 0 fully saturated rings. The van der Waals surface area contributed by atoms with E-state index in [1.165, 1.54) is 10.8 Å². The number of rotatable bonds is 3. The van der Waals surface area contributed by atoms with Crippen molar-refractivity contribution in [3.05, 3.63) is 29.7 Å². The second-order valence-corrected chi connectivity index (χ2v) is 3.16. The predicted molar refractivity (Wildman–Crippen MR) is 56.1 cm³/mol. The topological polar surface area (TPSA) is 52.3 Å². The molecule has 2 rings (SSSR count). The van der Waals surface area contributed by atoms with Gasteiger partial charge in [0.25, 0.3) is 5.78 Å². The van der Waals surface area contributed by atoms with Gasteiger partial charge in [-0.1, -0.05) is 23.8 Å². The number of nitrogens with zero attached hydrogens (tertiary/aromatic N) is 4. The SMILES string of the molecule is C/C=C/COc1cc(Cl)nc2ncnn12. The summed E-state index contributed by atoms with van der Waals surface area (Å²) in [5.41, 5.74) is 0. The van der Waals surface area contributed by atoms with Crippen LogP contribution in [0.4, 0.5) is 0 Å². The van der Waals surface area contributed by atoms with Gasteiger partial charge in [-0.05, 0) is 6.92 Å². The van der Waals surface area contributed by atoms with E-state index in [0.29, 0.717) is 23.4 Å². The molecule has 0 amide bonds. The summed E-state index contributed by atoms with van der Waals surface area (Å²) in [4.78, 5) is 7.91. The Morgan fingerprint density at radius 3 is 3.27 bits per heavy atom. The molecule has 0 atom stereocenters. The molecule has 2 aromatic heterocycles. The number of fused-ring (bicyclic) bond motifs is 1. The minimum Gasteiger partial charge on any atom is -0.473 e. The van der Waals surface area contributed by atoms with E-state index in [1.54, 1.807) is 6.07 Å². The van der Waals surface area contributed by atoms with Crippen molar-refractivity contribution in [2.75, 3.05) is 6.61 Å². The average molecular weight is 225 g/mol. The fourth-order valence-corrected chi connectivity index (χ4v) is 1.26. The van der Waals surface area contributed by atoms with Crippen LogP contribution in [-0.4, -0.2) is 26.2 Å². The van der Waals surface area contributed by atoms with Crippen molar-refractivity contribution >= 4 is 17.4 Å². The van der Waals surface area contributed by atoms with Gasteiger partial charge in [0, 0.05) is 6.07 Å². The fraction of sp³-hybridized carbons (Fsp3) is 0.222. The Morgan fingerprint density at radius 2 is 2.47 bits per heavy atom. The molecule has 0 spiro atoms. The van der Waals surface area contributed by atoms with Crippen molar-refractivity contribution in [2.45, 2.75) is 6.92 Å². The van der Waals surface area contributed by atoms with Gasteiger partial charge >= 0.3 is 0 Å². The quantitative estimate of drug-likeness (QED) is 0.589. The molecule has 0 aliphatic heterocycles. The van der Waals surface area contributed by atoms with E-state index < -0.39 is 0 Å². The highest BCUT2D eigenvalue weighted by Crippen LogP contribution is 2.16. The van der Waals surface area contributed by atoms with Crippen molar-refractivity contribution < 1.29 is 4.74 Å². The van der Waals surface area contributed by atoms with Crippen LogP contribution in [0.3, 0.4) is 0 Å². The molecule has 6 heteroatoms.